The highest BCUT2D eigenvalue weighted by molar-refractivity contribution is 5.82. The van der Waals surface area contributed by atoms with E-state index in [1.165, 1.54) is 17.7 Å². The summed E-state index contributed by atoms with van der Waals surface area (Å²) in [6.45, 7) is 9.02. The number of fused-ring (bicyclic) bond motifs is 2. The van der Waals surface area contributed by atoms with Crippen LogP contribution < -0.4 is 15.8 Å². The lowest BCUT2D eigenvalue weighted by Gasteiger charge is -2.30. The number of ether oxygens (including phenoxy) is 1. The maximum absolute atomic E-state index is 13.3. The highest BCUT2D eigenvalue weighted by atomic mass is 16.5. The summed E-state index contributed by atoms with van der Waals surface area (Å²) in [7, 11) is 1.67. The molecule has 7 nitrogen and oxygen atoms in total. The molecular weight excluding hydrogens is 426 g/mol. The summed E-state index contributed by atoms with van der Waals surface area (Å²) >= 11 is 0. The van der Waals surface area contributed by atoms with Crippen LogP contribution in [-0.4, -0.2) is 41.4 Å². The Morgan fingerprint density at radius 2 is 2.12 bits per heavy atom. The summed E-state index contributed by atoms with van der Waals surface area (Å²) in [5.41, 5.74) is 7.51. The number of allylic oxidation sites excluding steroid dienone is 1. The van der Waals surface area contributed by atoms with Crippen molar-refractivity contribution in [3.05, 3.63) is 57.1 Å². The number of nitrogens with zero attached hydrogens (tertiary/aromatic N) is 3. The van der Waals surface area contributed by atoms with E-state index in [-0.39, 0.29) is 5.56 Å². The molecule has 34 heavy (non-hydrogen) atoms. The highest BCUT2D eigenvalue weighted by Crippen LogP contribution is 2.32. The van der Waals surface area contributed by atoms with Crippen LogP contribution in [0, 0.1) is 0 Å². The van der Waals surface area contributed by atoms with Crippen molar-refractivity contribution in [3.63, 3.8) is 0 Å². The Balaban J connectivity index is 1.81. The van der Waals surface area contributed by atoms with Gasteiger partial charge in [-0.3, -0.25) is 9.89 Å². The highest BCUT2D eigenvalue weighted by Gasteiger charge is 2.20. The van der Waals surface area contributed by atoms with E-state index in [9.17, 15) is 4.79 Å². The van der Waals surface area contributed by atoms with Gasteiger partial charge in [-0.2, -0.15) is 4.52 Å². The van der Waals surface area contributed by atoms with Crippen LogP contribution in [0.5, 0.6) is 0 Å². The fourth-order valence-electron chi connectivity index (χ4n) is 4.77. The number of nitrogens with one attached hydrogen (secondary N) is 2. The number of hydrogen-bond acceptors (Lipinski definition) is 5. The number of hydrogen-bond donors (Lipinski definition) is 2. The van der Waals surface area contributed by atoms with Crippen LogP contribution in [0.3, 0.4) is 0 Å². The van der Waals surface area contributed by atoms with Crippen LogP contribution in [-0.2, 0) is 24.0 Å². The van der Waals surface area contributed by atoms with Crippen molar-refractivity contribution >= 4 is 28.8 Å². The van der Waals surface area contributed by atoms with Gasteiger partial charge in [0.25, 0.3) is 5.56 Å². The van der Waals surface area contributed by atoms with Crippen molar-refractivity contribution in [3.8, 4) is 0 Å². The Bertz CT molecular complexity index is 1220. The van der Waals surface area contributed by atoms with Crippen molar-refractivity contribution in [1.82, 2.24) is 14.6 Å². The first-order valence-electron chi connectivity index (χ1n) is 12.6. The molecule has 4 rings (SSSR count). The summed E-state index contributed by atoms with van der Waals surface area (Å²) in [5, 5.41) is 6.90. The number of anilines is 3. The third-order valence-corrected chi connectivity index (χ3v) is 6.57. The molecule has 3 aromatic rings. The zero-order valence-corrected chi connectivity index (χ0v) is 20.9. The molecule has 182 valence electrons. The quantitative estimate of drug-likeness (QED) is 0.437. The van der Waals surface area contributed by atoms with Crippen LogP contribution >= 0.6 is 0 Å². The second-order valence-electron chi connectivity index (χ2n) is 8.84. The van der Waals surface area contributed by atoms with E-state index in [1.807, 2.05) is 6.92 Å². The molecule has 0 saturated carbocycles. The van der Waals surface area contributed by atoms with Crippen molar-refractivity contribution in [2.24, 2.45) is 0 Å². The first kappa shape index (κ1) is 24.1. The summed E-state index contributed by atoms with van der Waals surface area (Å²) < 4.78 is 6.86. The molecule has 0 amide bonds. The second-order valence-corrected chi connectivity index (χ2v) is 8.84. The fourth-order valence-corrected chi connectivity index (χ4v) is 4.77. The molecular formula is C27H37N5O2. The van der Waals surface area contributed by atoms with Gasteiger partial charge in [0.1, 0.15) is 5.69 Å². The van der Waals surface area contributed by atoms with Gasteiger partial charge in [0.05, 0.1) is 18.0 Å². The third-order valence-electron chi connectivity index (χ3n) is 6.57. The monoisotopic (exact) mass is 463 g/mol. The molecule has 1 aromatic carbocycles. The number of aryl methyl sites for hydroxylation is 1. The Labute approximate surface area is 201 Å². The number of benzene rings is 1. The average Bonchev–Trinajstić information content (AvgIpc) is 3.19. The summed E-state index contributed by atoms with van der Waals surface area (Å²) in [6, 6.07) is 6.57. The van der Waals surface area contributed by atoms with Crippen molar-refractivity contribution in [1.29, 1.82) is 0 Å². The number of H-pyrrole nitrogens is 1. The van der Waals surface area contributed by atoms with Crippen LogP contribution in [0.4, 0.5) is 17.1 Å². The standard InChI is InChI=1S/C27H37N5O2/c1-5-8-9-12-23-25(28-20-13-14-24-19(18-20)11-10-16-31(24)7-3)26-29-22(15-17-34-4)21(6-2)27(33)32(26)30-23/h9,12-14,18,28,30H,5-8,10-11,15-17H2,1-4H3. The van der Waals surface area contributed by atoms with E-state index in [0.717, 1.165) is 60.7 Å². The van der Waals surface area contributed by atoms with Crippen LogP contribution in [0.2, 0.25) is 0 Å². The average molecular weight is 464 g/mol. The second kappa shape index (κ2) is 10.9. The Morgan fingerprint density at radius 3 is 2.85 bits per heavy atom. The normalized spacial score (nSPS) is 13.7. The van der Waals surface area contributed by atoms with Gasteiger partial charge in [-0.25, -0.2) is 4.98 Å². The Hall–Kier alpha value is -3.06. The van der Waals surface area contributed by atoms with E-state index in [1.54, 1.807) is 11.6 Å². The van der Waals surface area contributed by atoms with Gasteiger partial charge in [-0.15, -0.1) is 0 Å². The lowest BCUT2D eigenvalue weighted by Crippen LogP contribution is -2.28. The molecule has 2 aromatic heterocycles. The molecule has 1 aliphatic rings. The molecule has 7 heteroatoms. The Morgan fingerprint density at radius 1 is 1.26 bits per heavy atom. The van der Waals surface area contributed by atoms with Crippen LogP contribution in [0.25, 0.3) is 11.7 Å². The molecule has 2 N–H and O–H groups in total. The molecule has 0 saturated heterocycles. The molecule has 0 bridgehead atoms. The largest absolute Gasteiger partial charge is 0.384 e. The zero-order valence-electron chi connectivity index (χ0n) is 20.9. The number of rotatable bonds is 10. The lowest BCUT2D eigenvalue weighted by molar-refractivity contribution is 0.201. The first-order chi connectivity index (χ1) is 16.6. The molecule has 0 atom stereocenters. The van der Waals surface area contributed by atoms with Crippen LogP contribution in [0.1, 0.15) is 62.5 Å². The Kier molecular flexibility index (Phi) is 7.73. The van der Waals surface area contributed by atoms with Crippen LogP contribution in [0.15, 0.2) is 29.1 Å². The first-order valence-corrected chi connectivity index (χ1v) is 12.6. The van der Waals surface area contributed by atoms with Gasteiger partial charge >= 0.3 is 0 Å². The van der Waals surface area contributed by atoms with E-state index < -0.39 is 0 Å². The maximum Gasteiger partial charge on any atom is 0.276 e. The third kappa shape index (κ3) is 4.75. The van der Waals surface area contributed by atoms with E-state index >= 15 is 0 Å². The minimum absolute atomic E-state index is 0.0409. The molecule has 3 heterocycles. The van der Waals surface area contributed by atoms with Gasteiger partial charge in [0.15, 0.2) is 5.65 Å². The molecule has 0 unspecified atom stereocenters. The van der Waals surface area contributed by atoms with Gasteiger partial charge in [0, 0.05) is 43.6 Å². The zero-order chi connectivity index (χ0) is 24.1. The van der Waals surface area contributed by atoms with Crippen molar-refractivity contribution < 1.29 is 4.74 Å². The van der Waals surface area contributed by atoms with Gasteiger partial charge < -0.3 is 15.0 Å². The SMILES string of the molecule is CCCC=Cc1[nH]n2c(=O)c(CC)c(CCOC)nc2c1Nc1ccc2c(c1)CCCN2CC. The molecule has 0 aliphatic carbocycles. The molecule has 0 fully saturated rings. The topological polar surface area (TPSA) is 74.7 Å². The number of unbranched alkanes of at least 4 members (excludes halogenated alkanes) is 1. The molecule has 0 radical (unpaired) electrons. The fraction of sp³-hybridized carbons (Fsp3) is 0.481. The maximum atomic E-state index is 13.3. The number of methoxy groups -OCH3 is 1. The van der Waals surface area contributed by atoms with E-state index in [2.05, 4.69) is 59.5 Å². The summed E-state index contributed by atoms with van der Waals surface area (Å²) in [4.78, 5) is 20.7. The molecule has 1 aliphatic heterocycles. The lowest BCUT2D eigenvalue weighted by atomic mass is 10.0. The number of aromatic nitrogens is 3. The number of aromatic amines is 1. The predicted molar refractivity (Wildman–Crippen MR) is 141 cm³/mol. The van der Waals surface area contributed by atoms with Gasteiger partial charge in [-0.05, 0) is 62.4 Å². The predicted octanol–water partition coefficient (Wildman–Crippen LogP) is 5.10. The van der Waals surface area contributed by atoms with Crippen molar-refractivity contribution in [2.75, 3.05) is 37.0 Å². The van der Waals surface area contributed by atoms with Crippen molar-refractivity contribution in [2.45, 2.75) is 59.3 Å². The summed E-state index contributed by atoms with van der Waals surface area (Å²) in [6.07, 6.45) is 9.73. The van der Waals surface area contributed by atoms with E-state index in [0.29, 0.717) is 25.1 Å². The van der Waals surface area contributed by atoms with E-state index in [4.69, 9.17) is 9.72 Å². The minimum Gasteiger partial charge on any atom is -0.384 e. The minimum atomic E-state index is -0.0409. The smallest absolute Gasteiger partial charge is 0.276 e. The van der Waals surface area contributed by atoms with Gasteiger partial charge in [-0.1, -0.05) is 26.3 Å². The van der Waals surface area contributed by atoms with Gasteiger partial charge in [0.2, 0.25) is 0 Å². The molecule has 0 spiro atoms. The summed E-state index contributed by atoms with van der Waals surface area (Å²) in [5.74, 6) is 0.